The number of carbonyl (C=O) groups is 2. The van der Waals surface area contributed by atoms with Crippen molar-refractivity contribution in [3.63, 3.8) is 0 Å². The molecule has 35 heavy (non-hydrogen) atoms. The maximum atomic E-state index is 12.9. The molecule has 0 unspecified atom stereocenters. The number of amides is 2. The number of nitrogens with one attached hydrogen (secondary N) is 2. The Morgan fingerprint density at radius 3 is 2.37 bits per heavy atom. The molecule has 0 fully saturated rings. The van der Waals surface area contributed by atoms with Gasteiger partial charge in [-0.2, -0.15) is 0 Å². The Labute approximate surface area is 219 Å². The second kappa shape index (κ2) is 12.2. The van der Waals surface area contributed by atoms with Crippen LogP contribution in [0.4, 0.5) is 5.69 Å². The number of allylic oxidation sites excluding steroid dienone is 1. The zero-order valence-electron chi connectivity index (χ0n) is 19.7. The van der Waals surface area contributed by atoms with Gasteiger partial charge in [0.2, 0.25) is 5.91 Å². The predicted molar refractivity (Wildman–Crippen MR) is 142 cm³/mol. The number of halogens is 2. The van der Waals surface area contributed by atoms with Crippen LogP contribution in [0.15, 0.2) is 60.3 Å². The van der Waals surface area contributed by atoms with Gasteiger partial charge in [0.05, 0.1) is 11.8 Å². The summed E-state index contributed by atoms with van der Waals surface area (Å²) in [5.41, 5.74) is 2.17. The van der Waals surface area contributed by atoms with Gasteiger partial charge < -0.3 is 15.2 Å². The first-order valence-corrected chi connectivity index (χ1v) is 12.7. The van der Waals surface area contributed by atoms with Gasteiger partial charge in [-0.25, -0.2) is 0 Å². The summed E-state index contributed by atoms with van der Waals surface area (Å²) >= 11 is 13.2. The third-order valence-corrected chi connectivity index (χ3v) is 6.48. The van der Waals surface area contributed by atoms with Crippen LogP contribution < -0.4 is 10.6 Å². The first-order valence-electron chi connectivity index (χ1n) is 11.0. The minimum absolute atomic E-state index is 0.0471. The molecule has 1 aromatic heterocycles. The van der Waals surface area contributed by atoms with Crippen LogP contribution in [0.2, 0.25) is 10.0 Å². The SMILES string of the molecule is C=CCn1c(SCC(=O)Nc2cc(Cl)cc(Cl)c2)nnc1[C@H](NC(=O)c1ccc(C)cc1)C(C)C. The average Bonchev–Trinajstić information content (AvgIpc) is 3.18. The van der Waals surface area contributed by atoms with Crippen molar-refractivity contribution in [1.82, 2.24) is 20.1 Å². The molecule has 0 bridgehead atoms. The minimum Gasteiger partial charge on any atom is -0.342 e. The molecule has 3 aromatic rings. The number of benzene rings is 2. The number of hydrogen-bond acceptors (Lipinski definition) is 5. The number of anilines is 1. The van der Waals surface area contributed by atoms with Crippen LogP contribution in [0.5, 0.6) is 0 Å². The summed E-state index contributed by atoms with van der Waals surface area (Å²) in [6.07, 6.45) is 1.73. The molecule has 2 aromatic carbocycles. The maximum absolute atomic E-state index is 12.9. The van der Waals surface area contributed by atoms with E-state index in [9.17, 15) is 9.59 Å². The van der Waals surface area contributed by atoms with E-state index in [1.165, 1.54) is 11.8 Å². The predicted octanol–water partition coefficient (Wildman–Crippen LogP) is 5.94. The molecule has 2 N–H and O–H groups in total. The molecular formula is C25H27Cl2N5O2S. The lowest BCUT2D eigenvalue weighted by Gasteiger charge is -2.22. The summed E-state index contributed by atoms with van der Waals surface area (Å²) < 4.78 is 1.86. The lowest BCUT2D eigenvalue weighted by molar-refractivity contribution is -0.113. The molecule has 0 aliphatic rings. The minimum atomic E-state index is -0.381. The number of nitrogens with zero attached hydrogens (tertiary/aromatic N) is 3. The summed E-state index contributed by atoms with van der Waals surface area (Å²) in [5.74, 6) is 0.319. The van der Waals surface area contributed by atoms with Crippen molar-refractivity contribution < 1.29 is 9.59 Å². The van der Waals surface area contributed by atoms with E-state index < -0.39 is 0 Å². The zero-order valence-corrected chi connectivity index (χ0v) is 22.0. The molecular weight excluding hydrogens is 505 g/mol. The lowest BCUT2D eigenvalue weighted by atomic mass is 10.0. The van der Waals surface area contributed by atoms with E-state index in [1.807, 2.05) is 37.5 Å². The number of rotatable bonds is 10. The van der Waals surface area contributed by atoms with Crippen LogP contribution in [0.25, 0.3) is 0 Å². The third-order valence-electron chi connectivity index (χ3n) is 5.08. The highest BCUT2D eigenvalue weighted by molar-refractivity contribution is 7.99. The smallest absolute Gasteiger partial charge is 0.251 e. The second-order valence-electron chi connectivity index (χ2n) is 8.30. The van der Waals surface area contributed by atoms with Gasteiger partial charge in [-0.05, 0) is 43.2 Å². The van der Waals surface area contributed by atoms with E-state index in [0.29, 0.717) is 38.8 Å². The van der Waals surface area contributed by atoms with E-state index in [-0.39, 0.29) is 29.5 Å². The fourth-order valence-electron chi connectivity index (χ4n) is 3.35. The molecule has 7 nitrogen and oxygen atoms in total. The number of aryl methyl sites for hydroxylation is 1. The summed E-state index contributed by atoms with van der Waals surface area (Å²) in [7, 11) is 0. The highest BCUT2D eigenvalue weighted by atomic mass is 35.5. The molecule has 3 rings (SSSR count). The monoisotopic (exact) mass is 531 g/mol. The molecule has 0 saturated heterocycles. The molecule has 0 aliphatic carbocycles. The highest BCUT2D eigenvalue weighted by Crippen LogP contribution is 2.27. The van der Waals surface area contributed by atoms with Crippen molar-refractivity contribution in [3.05, 3.63) is 82.1 Å². The van der Waals surface area contributed by atoms with Gasteiger partial charge >= 0.3 is 0 Å². The van der Waals surface area contributed by atoms with Crippen LogP contribution >= 0.6 is 35.0 Å². The molecule has 2 amide bonds. The standard InChI is InChI=1S/C25H27Cl2N5O2S/c1-5-10-32-23(22(15(2)3)29-24(34)17-8-6-16(4)7-9-17)30-31-25(32)35-14-21(33)28-20-12-18(26)11-19(27)13-20/h5-9,11-13,15,22H,1,10,14H2,2-4H3,(H,28,33)(H,29,34)/t22-/m1/s1. The Bertz CT molecular complexity index is 1190. The fourth-order valence-corrected chi connectivity index (χ4v) is 4.63. The van der Waals surface area contributed by atoms with Crippen LogP contribution in [0, 0.1) is 12.8 Å². The van der Waals surface area contributed by atoms with Crippen LogP contribution in [0.1, 0.15) is 41.6 Å². The molecule has 1 atom stereocenters. The average molecular weight is 532 g/mol. The Kier molecular flexibility index (Phi) is 9.37. The molecule has 1 heterocycles. The molecule has 0 spiro atoms. The van der Waals surface area contributed by atoms with Gasteiger partial charge in [0.1, 0.15) is 0 Å². The Morgan fingerprint density at radius 1 is 1.11 bits per heavy atom. The lowest BCUT2D eigenvalue weighted by Crippen LogP contribution is -2.33. The first-order chi connectivity index (χ1) is 16.7. The van der Waals surface area contributed by atoms with Gasteiger partial charge in [0, 0.05) is 27.8 Å². The Morgan fingerprint density at radius 2 is 1.77 bits per heavy atom. The van der Waals surface area contributed by atoms with Crippen molar-refractivity contribution in [1.29, 1.82) is 0 Å². The van der Waals surface area contributed by atoms with Crippen molar-refractivity contribution in [2.75, 3.05) is 11.1 Å². The van der Waals surface area contributed by atoms with Gasteiger partial charge in [0.25, 0.3) is 5.91 Å². The quantitative estimate of drug-likeness (QED) is 0.249. The summed E-state index contributed by atoms with van der Waals surface area (Å²) in [6.45, 7) is 10.2. The van der Waals surface area contributed by atoms with Crippen LogP contribution in [-0.4, -0.2) is 32.3 Å². The number of carbonyl (C=O) groups excluding carboxylic acids is 2. The van der Waals surface area contributed by atoms with E-state index in [2.05, 4.69) is 27.4 Å². The largest absolute Gasteiger partial charge is 0.342 e. The van der Waals surface area contributed by atoms with E-state index in [0.717, 1.165) is 5.56 Å². The van der Waals surface area contributed by atoms with Gasteiger partial charge in [-0.3, -0.25) is 9.59 Å². The fraction of sp³-hybridized carbons (Fsp3) is 0.280. The maximum Gasteiger partial charge on any atom is 0.251 e. The third kappa shape index (κ3) is 7.34. The summed E-state index contributed by atoms with van der Waals surface area (Å²) in [5, 5.41) is 15.9. The molecule has 0 radical (unpaired) electrons. The van der Waals surface area contributed by atoms with Crippen molar-refractivity contribution in [3.8, 4) is 0 Å². The van der Waals surface area contributed by atoms with Crippen molar-refractivity contribution >= 4 is 52.5 Å². The van der Waals surface area contributed by atoms with Crippen LogP contribution in [0.3, 0.4) is 0 Å². The Balaban J connectivity index is 1.75. The van der Waals surface area contributed by atoms with Gasteiger partial charge in [0.15, 0.2) is 11.0 Å². The van der Waals surface area contributed by atoms with E-state index in [1.54, 1.807) is 36.4 Å². The van der Waals surface area contributed by atoms with Crippen molar-refractivity contribution in [2.45, 2.75) is 38.5 Å². The molecule has 10 heteroatoms. The normalized spacial score (nSPS) is 11.8. The topological polar surface area (TPSA) is 88.9 Å². The highest BCUT2D eigenvalue weighted by Gasteiger charge is 2.26. The Hall–Kier alpha value is -2.81. The van der Waals surface area contributed by atoms with Crippen LogP contribution in [-0.2, 0) is 11.3 Å². The van der Waals surface area contributed by atoms with E-state index in [4.69, 9.17) is 23.2 Å². The number of thioether (sulfide) groups is 1. The molecule has 0 saturated carbocycles. The molecule has 184 valence electrons. The summed E-state index contributed by atoms with van der Waals surface area (Å²) in [4.78, 5) is 25.4. The van der Waals surface area contributed by atoms with Crippen molar-refractivity contribution in [2.24, 2.45) is 5.92 Å². The van der Waals surface area contributed by atoms with Gasteiger partial charge in [-0.15, -0.1) is 16.8 Å². The van der Waals surface area contributed by atoms with E-state index >= 15 is 0 Å². The second-order valence-corrected chi connectivity index (χ2v) is 10.1. The molecule has 0 aliphatic heterocycles. The summed E-state index contributed by atoms with van der Waals surface area (Å²) in [6, 6.07) is 11.8. The number of hydrogen-bond donors (Lipinski definition) is 2. The van der Waals surface area contributed by atoms with Gasteiger partial charge in [-0.1, -0.05) is 72.6 Å². The number of aromatic nitrogens is 3. The zero-order chi connectivity index (χ0) is 25.5. The first kappa shape index (κ1) is 26.8.